The smallest absolute Gasteiger partial charge is 0.248 e. The lowest BCUT2D eigenvalue weighted by atomic mass is 9.90. The Morgan fingerprint density at radius 3 is 2.64 bits per heavy atom. The number of piperidine rings is 1. The molecule has 8 heteroatoms. The number of nitrogens with zero attached hydrogens (tertiary/aromatic N) is 2. The third-order valence-corrected chi connectivity index (χ3v) is 8.67. The number of anilines is 1. The zero-order chi connectivity index (χ0) is 25.1. The van der Waals surface area contributed by atoms with E-state index in [-0.39, 0.29) is 11.8 Å². The molecule has 0 saturated carbocycles. The van der Waals surface area contributed by atoms with E-state index in [0.29, 0.717) is 29.1 Å². The van der Waals surface area contributed by atoms with Crippen molar-refractivity contribution in [3.63, 3.8) is 0 Å². The van der Waals surface area contributed by atoms with Crippen molar-refractivity contribution in [2.24, 2.45) is 0 Å². The Hall–Kier alpha value is -2.67. The summed E-state index contributed by atoms with van der Waals surface area (Å²) in [7, 11) is 0. The Bertz CT molecular complexity index is 1310. The molecule has 36 heavy (non-hydrogen) atoms. The van der Waals surface area contributed by atoms with Crippen LogP contribution in [0.5, 0.6) is 0 Å². The van der Waals surface area contributed by atoms with Crippen molar-refractivity contribution in [3.05, 3.63) is 80.1 Å². The first-order valence-electron chi connectivity index (χ1n) is 12.3. The number of amides is 2. The molecule has 5 rings (SSSR count). The van der Waals surface area contributed by atoms with Gasteiger partial charge in [0.05, 0.1) is 20.7 Å². The van der Waals surface area contributed by atoms with Crippen LogP contribution in [0.3, 0.4) is 0 Å². The summed E-state index contributed by atoms with van der Waals surface area (Å²) in [4.78, 5) is 31.8. The summed E-state index contributed by atoms with van der Waals surface area (Å²) in [5.74, 6) is -0.0868. The number of thiazole rings is 1. The van der Waals surface area contributed by atoms with E-state index in [1.807, 2.05) is 29.6 Å². The van der Waals surface area contributed by atoms with Crippen molar-refractivity contribution in [2.45, 2.75) is 44.4 Å². The predicted molar refractivity (Wildman–Crippen MR) is 147 cm³/mol. The molecule has 1 aromatic heterocycles. The normalized spacial score (nSPS) is 16.2. The zero-order valence-electron chi connectivity index (χ0n) is 19.8. The third-order valence-electron chi connectivity index (χ3n) is 6.92. The molecule has 2 heterocycles. The molecule has 0 bridgehead atoms. The Balaban J connectivity index is 1.14. The molecule has 2 amide bonds. The minimum atomic E-state index is -0.269. The van der Waals surface area contributed by atoms with Gasteiger partial charge in [-0.3, -0.25) is 9.59 Å². The number of aromatic nitrogens is 1. The average molecular weight is 541 g/mol. The molecule has 0 unspecified atom stereocenters. The van der Waals surface area contributed by atoms with Gasteiger partial charge in [0.1, 0.15) is 0 Å². The quantitative estimate of drug-likeness (QED) is 0.358. The molecule has 1 fully saturated rings. The van der Waals surface area contributed by atoms with Crippen molar-refractivity contribution in [1.82, 2.24) is 9.88 Å². The summed E-state index contributed by atoms with van der Waals surface area (Å²) in [6.07, 6.45) is 8.79. The average Bonchev–Trinajstić information content (AvgIpc) is 3.40. The zero-order valence-corrected chi connectivity index (χ0v) is 22.1. The van der Waals surface area contributed by atoms with Crippen molar-refractivity contribution < 1.29 is 9.59 Å². The summed E-state index contributed by atoms with van der Waals surface area (Å²) >= 11 is 13.8. The van der Waals surface area contributed by atoms with E-state index in [2.05, 4.69) is 11.4 Å². The van der Waals surface area contributed by atoms with E-state index in [0.717, 1.165) is 54.1 Å². The SMILES string of the molecule is O=C(/C=C/C(=O)N1CCC(c2nc(-c3ccc(Cl)c(Cl)c3)cs2)CC1)Nc1cccc2c1CCCC2. The fourth-order valence-electron chi connectivity index (χ4n) is 4.94. The number of likely N-dealkylation sites (tertiary alicyclic amines) is 1. The minimum absolute atomic E-state index is 0.130. The topological polar surface area (TPSA) is 62.3 Å². The van der Waals surface area contributed by atoms with Gasteiger partial charge >= 0.3 is 0 Å². The highest BCUT2D eigenvalue weighted by Gasteiger charge is 2.25. The van der Waals surface area contributed by atoms with Crippen molar-refractivity contribution in [1.29, 1.82) is 0 Å². The van der Waals surface area contributed by atoms with Crippen LogP contribution < -0.4 is 5.32 Å². The molecule has 2 aromatic carbocycles. The molecule has 5 nitrogen and oxygen atoms in total. The maximum Gasteiger partial charge on any atom is 0.248 e. The highest BCUT2D eigenvalue weighted by molar-refractivity contribution is 7.10. The number of carbonyl (C=O) groups is 2. The van der Waals surface area contributed by atoms with Gasteiger partial charge in [-0.2, -0.15) is 0 Å². The molecule has 3 aromatic rings. The van der Waals surface area contributed by atoms with Crippen LogP contribution >= 0.6 is 34.5 Å². The van der Waals surface area contributed by atoms with Crippen LogP contribution in [-0.2, 0) is 22.4 Å². The van der Waals surface area contributed by atoms with Gasteiger partial charge in [-0.15, -0.1) is 11.3 Å². The van der Waals surface area contributed by atoms with Gasteiger partial charge in [0.15, 0.2) is 0 Å². The van der Waals surface area contributed by atoms with Gasteiger partial charge in [-0.05, 0) is 67.9 Å². The fourth-order valence-corrected chi connectivity index (χ4v) is 6.23. The Kier molecular flexibility index (Phi) is 7.75. The van der Waals surface area contributed by atoms with Gasteiger partial charge in [0.2, 0.25) is 11.8 Å². The number of hydrogen-bond donors (Lipinski definition) is 1. The number of halogens is 2. The Morgan fingerprint density at radius 2 is 1.83 bits per heavy atom. The highest BCUT2D eigenvalue weighted by atomic mass is 35.5. The predicted octanol–water partition coefficient (Wildman–Crippen LogP) is 6.90. The minimum Gasteiger partial charge on any atom is -0.339 e. The maximum absolute atomic E-state index is 12.7. The second-order valence-electron chi connectivity index (χ2n) is 9.27. The van der Waals surface area contributed by atoms with E-state index >= 15 is 0 Å². The molecule has 1 N–H and O–H groups in total. The van der Waals surface area contributed by atoms with E-state index < -0.39 is 0 Å². The Labute approximate surface area is 225 Å². The van der Waals surface area contributed by atoms with Crippen LogP contribution in [0.1, 0.15) is 47.7 Å². The molecule has 1 aliphatic heterocycles. The molecule has 0 spiro atoms. The molecular weight excluding hydrogens is 513 g/mol. The van der Waals surface area contributed by atoms with Crippen molar-refractivity contribution >= 4 is 52.0 Å². The van der Waals surface area contributed by atoms with Crippen LogP contribution in [0, 0.1) is 0 Å². The van der Waals surface area contributed by atoms with E-state index in [1.54, 1.807) is 22.3 Å². The number of rotatable bonds is 5. The number of fused-ring (bicyclic) bond motifs is 1. The van der Waals surface area contributed by atoms with Gasteiger partial charge in [0.25, 0.3) is 0 Å². The largest absolute Gasteiger partial charge is 0.339 e. The molecule has 0 atom stereocenters. The number of benzene rings is 2. The standard InChI is InChI=1S/C28H27Cl2N3O2S/c29-22-9-8-20(16-23(22)30)25-17-36-28(32-25)19-12-14-33(15-13-19)27(35)11-10-26(34)31-24-7-3-5-18-4-1-2-6-21(18)24/h3,5,7-11,16-17,19H,1-2,4,6,12-15H2,(H,31,34)/b11-10+. The molecule has 0 radical (unpaired) electrons. The van der Waals surface area contributed by atoms with E-state index in [9.17, 15) is 9.59 Å². The second kappa shape index (κ2) is 11.2. The van der Waals surface area contributed by atoms with Crippen LogP contribution in [0.25, 0.3) is 11.3 Å². The first-order valence-corrected chi connectivity index (χ1v) is 13.9. The summed E-state index contributed by atoms with van der Waals surface area (Å²) in [5, 5.41) is 7.11. The molecule has 1 aliphatic carbocycles. The lowest BCUT2D eigenvalue weighted by molar-refractivity contribution is -0.127. The van der Waals surface area contributed by atoms with Gasteiger partial charge in [-0.25, -0.2) is 4.98 Å². The molecule has 2 aliphatic rings. The number of nitrogens with one attached hydrogen (secondary N) is 1. The van der Waals surface area contributed by atoms with Crippen molar-refractivity contribution in [2.75, 3.05) is 18.4 Å². The first-order chi connectivity index (χ1) is 17.5. The lowest BCUT2D eigenvalue weighted by Crippen LogP contribution is -2.37. The van der Waals surface area contributed by atoms with Crippen LogP contribution in [-0.4, -0.2) is 34.8 Å². The van der Waals surface area contributed by atoms with Gasteiger partial charge in [-0.1, -0.05) is 41.4 Å². The van der Waals surface area contributed by atoms with Crippen LogP contribution in [0.2, 0.25) is 10.0 Å². The fraction of sp³-hybridized carbons (Fsp3) is 0.321. The number of hydrogen-bond acceptors (Lipinski definition) is 4. The monoisotopic (exact) mass is 539 g/mol. The Morgan fingerprint density at radius 1 is 1.03 bits per heavy atom. The summed E-state index contributed by atoms with van der Waals surface area (Å²) in [5.41, 5.74) is 5.23. The van der Waals surface area contributed by atoms with E-state index in [4.69, 9.17) is 28.2 Å². The third kappa shape index (κ3) is 5.66. The second-order valence-corrected chi connectivity index (χ2v) is 11.0. The summed E-state index contributed by atoms with van der Waals surface area (Å²) in [6.45, 7) is 1.28. The number of carbonyl (C=O) groups excluding carboxylic acids is 2. The van der Waals surface area contributed by atoms with E-state index in [1.165, 1.54) is 29.7 Å². The number of aryl methyl sites for hydroxylation is 1. The molecule has 1 saturated heterocycles. The van der Waals surface area contributed by atoms with Crippen molar-refractivity contribution in [3.8, 4) is 11.3 Å². The maximum atomic E-state index is 12.7. The first kappa shape index (κ1) is 25.0. The van der Waals surface area contributed by atoms with Gasteiger partial charge < -0.3 is 10.2 Å². The lowest BCUT2D eigenvalue weighted by Gasteiger charge is -2.30. The summed E-state index contributed by atoms with van der Waals surface area (Å²) < 4.78 is 0. The highest BCUT2D eigenvalue weighted by Crippen LogP contribution is 2.34. The van der Waals surface area contributed by atoms with Gasteiger partial charge in [0, 0.05) is 47.8 Å². The van der Waals surface area contributed by atoms with Crippen LogP contribution in [0.15, 0.2) is 53.9 Å². The van der Waals surface area contributed by atoms with Crippen LogP contribution in [0.4, 0.5) is 5.69 Å². The molecule has 186 valence electrons. The summed E-state index contributed by atoms with van der Waals surface area (Å²) in [6, 6.07) is 11.6. The molecular formula is C28H27Cl2N3O2S.